The zero-order valence-electron chi connectivity index (χ0n) is 41.9. The third kappa shape index (κ3) is 48.3. The Kier molecular flexibility index (Phi) is 46.3. The van der Waals surface area contributed by atoms with Gasteiger partial charge in [0.05, 0.1) is 13.2 Å². The summed E-state index contributed by atoms with van der Waals surface area (Å²) in [4.78, 5) is 46.1. The van der Waals surface area contributed by atoms with Crippen LogP contribution in [-0.2, 0) is 32.7 Å². The first-order valence-electron chi connectivity index (χ1n) is 25.6. The zero-order valence-corrected chi connectivity index (χ0v) is 42.7. The molecule has 0 heterocycles. The number of esters is 1. The van der Waals surface area contributed by atoms with Gasteiger partial charge >= 0.3 is 19.8 Å². The Hall–Kier alpha value is -4.12. The molecule has 0 saturated heterocycles. The predicted molar refractivity (Wildman–Crippen MR) is 281 cm³/mol. The van der Waals surface area contributed by atoms with E-state index in [4.69, 9.17) is 13.8 Å². The maximum Gasteiger partial charge on any atom is 0.472 e. The molecule has 0 bridgehead atoms. The number of carboxylic acids is 1. The lowest BCUT2D eigenvalue weighted by atomic mass is 10.1. The fourth-order valence-corrected chi connectivity index (χ4v) is 7.08. The number of allylic oxidation sites excluding steroid dienone is 20. The van der Waals surface area contributed by atoms with Crippen molar-refractivity contribution in [3.63, 3.8) is 0 Å². The molecule has 0 saturated carbocycles. The number of hydrogen-bond donors (Lipinski definition) is 4. The molecule has 11 nitrogen and oxygen atoms in total. The molecule has 3 atom stereocenters. The molecule has 12 heteroatoms. The third-order valence-corrected chi connectivity index (χ3v) is 11.2. The first-order valence-corrected chi connectivity index (χ1v) is 27.1. The molecule has 0 spiro atoms. The minimum atomic E-state index is -4.79. The minimum absolute atomic E-state index is 0.0573. The summed E-state index contributed by atoms with van der Waals surface area (Å²) in [6, 6.07) is -1.59. The number of aliphatic carboxylic acids is 1. The van der Waals surface area contributed by atoms with Crippen LogP contribution < -0.4 is 5.32 Å². The molecule has 0 rings (SSSR count). The van der Waals surface area contributed by atoms with Gasteiger partial charge in [-0.1, -0.05) is 187 Å². The van der Waals surface area contributed by atoms with Gasteiger partial charge in [-0.25, -0.2) is 9.36 Å². The number of aliphatic hydroxyl groups is 1. The molecule has 0 radical (unpaired) electrons. The maximum absolute atomic E-state index is 12.3. The van der Waals surface area contributed by atoms with E-state index < -0.39 is 57.6 Å². The molecule has 0 fully saturated rings. The molecule has 384 valence electrons. The maximum atomic E-state index is 12.3. The van der Waals surface area contributed by atoms with Crippen LogP contribution in [0.25, 0.3) is 0 Å². The van der Waals surface area contributed by atoms with Gasteiger partial charge < -0.3 is 25.2 Å². The number of carbonyl (C=O) groups excluding carboxylic acids is 2. The van der Waals surface area contributed by atoms with Crippen LogP contribution in [0.1, 0.15) is 181 Å². The van der Waals surface area contributed by atoms with Crippen LogP contribution in [0.15, 0.2) is 122 Å². The topological polar surface area (TPSA) is 169 Å². The smallest absolute Gasteiger partial charge is 0.472 e. The molecule has 1 amide bonds. The van der Waals surface area contributed by atoms with Crippen LogP contribution in [0.2, 0.25) is 0 Å². The van der Waals surface area contributed by atoms with Gasteiger partial charge in [-0.3, -0.25) is 18.6 Å². The van der Waals surface area contributed by atoms with Crippen LogP contribution in [0.5, 0.6) is 0 Å². The van der Waals surface area contributed by atoms with Crippen molar-refractivity contribution in [1.29, 1.82) is 0 Å². The second-order valence-corrected chi connectivity index (χ2v) is 18.1. The second kappa shape index (κ2) is 49.3. The molecule has 3 unspecified atom stereocenters. The minimum Gasteiger partial charge on any atom is -0.480 e. The largest absolute Gasteiger partial charge is 0.480 e. The van der Waals surface area contributed by atoms with Crippen LogP contribution in [-0.4, -0.2) is 64.9 Å². The van der Waals surface area contributed by atoms with Crippen molar-refractivity contribution in [2.24, 2.45) is 0 Å². The van der Waals surface area contributed by atoms with Gasteiger partial charge in [-0.2, -0.15) is 0 Å². The number of amides is 1. The summed E-state index contributed by atoms with van der Waals surface area (Å²) in [5, 5.41) is 21.9. The van der Waals surface area contributed by atoms with Crippen molar-refractivity contribution in [3.8, 4) is 0 Å². The molecule has 4 N–H and O–H groups in total. The van der Waals surface area contributed by atoms with E-state index in [1.807, 2.05) is 12.2 Å². The second-order valence-electron chi connectivity index (χ2n) is 16.6. The predicted octanol–water partition coefficient (Wildman–Crippen LogP) is 14.3. The number of ether oxygens (including phenoxy) is 1. The summed E-state index contributed by atoms with van der Waals surface area (Å²) >= 11 is 0. The van der Waals surface area contributed by atoms with Gasteiger partial charge in [0.25, 0.3) is 0 Å². The lowest BCUT2D eigenvalue weighted by molar-refractivity contribution is -0.147. The summed E-state index contributed by atoms with van der Waals surface area (Å²) in [7, 11) is -4.79. The van der Waals surface area contributed by atoms with Crippen molar-refractivity contribution >= 4 is 25.7 Å². The highest BCUT2D eigenvalue weighted by Crippen LogP contribution is 2.43. The van der Waals surface area contributed by atoms with Gasteiger partial charge in [0.15, 0.2) is 6.04 Å². The quantitative estimate of drug-likeness (QED) is 0.0199. The molecule has 0 aromatic heterocycles. The number of phosphoric ester groups is 1. The van der Waals surface area contributed by atoms with Crippen LogP contribution in [0, 0.1) is 0 Å². The SMILES string of the molecule is CC/C=C\C/C=C\C/C=C\C/C=C\C/C=C\C/C=C\C/C=C\CCCC(=O)NC(COP(=O)(O)OCC(O)COC(=O)CCCCCCCCCC/C=C\C/C=C\C/C=C\CCCCC)C(=O)O. The van der Waals surface area contributed by atoms with E-state index in [9.17, 15) is 34.1 Å². The average molecular weight is 968 g/mol. The number of hydrogen-bond acceptors (Lipinski definition) is 8. The number of aliphatic hydroxyl groups excluding tert-OH is 1. The average Bonchev–Trinajstić information content (AvgIpc) is 3.32. The molecule has 0 aromatic carbocycles. The van der Waals surface area contributed by atoms with E-state index in [-0.39, 0.29) is 12.8 Å². The normalized spacial score (nSPS) is 14.5. The van der Waals surface area contributed by atoms with E-state index >= 15 is 0 Å². The lowest BCUT2D eigenvalue weighted by Gasteiger charge is -2.18. The van der Waals surface area contributed by atoms with Gasteiger partial charge in [0.2, 0.25) is 5.91 Å². The van der Waals surface area contributed by atoms with Crippen molar-refractivity contribution < 1.29 is 47.8 Å². The summed E-state index contributed by atoms with van der Waals surface area (Å²) in [6.07, 6.45) is 66.5. The molecule has 0 aliphatic heterocycles. The van der Waals surface area contributed by atoms with Crippen molar-refractivity contribution in [2.75, 3.05) is 19.8 Å². The third-order valence-electron chi connectivity index (χ3n) is 10.2. The van der Waals surface area contributed by atoms with Crippen LogP contribution >= 0.6 is 7.82 Å². The summed E-state index contributed by atoms with van der Waals surface area (Å²) in [5.74, 6) is -2.48. The van der Waals surface area contributed by atoms with Crippen LogP contribution in [0.4, 0.5) is 0 Å². The Morgan fingerprint density at radius 3 is 1.31 bits per heavy atom. The number of rotatable bonds is 46. The van der Waals surface area contributed by atoms with E-state index in [2.05, 4.69) is 129 Å². The number of carbonyl (C=O) groups is 3. The summed E-state index contributed by atoms with van der Waals surface area (Å²) < 4.78 is 26.9. The Labute approximate surface area is 411 Å². The van der Waals surface area contributed by atoms with Crippen molar-refractivity contribution in [1.82, 2.24) is 5.32 Å². The molecule has 0 aromatic rings. The number of phosphoric acid groups is 1. The number of nitrogens with one attached hydrogen (secondary N) is 1. The number of carboxylic acid groups (broad SMARTS) is 1. The van der Waals surface area contributed by atoms with E-state index in [0.717, 1.165) is 83.5 Å². The van der Waals surface area contributed by atoms with Gasteiger partial charge in [0, 0.05) is 12.8 Å². The monoisotopic (exact) mass is 968 g/mol. The zero-order chi connectivity index (χ0) is 49.9. The Bertz CT molecular complexity index is 1610. The summed E-state index contributed by atoms with van der Waals surface area (Å²) in [5.41, 5.74) is 0. The van der Waals surface area contributed by atoms with Crippen molar-refractivity contribution in [2.45, 2.75) is 193 Å². The highest BCUT2D eigenvalue weighted by atomic mass is 31.2. The number of unbranched alkanes of at least 4 members (excludes halogenated alkanes) is 12. The Morgan fingerprint density at radius 1 is 0.485 bits per heavy atom. The summed E-state index contributed by atoms with van der Waals surface area (Å²) in [6.45, 7) is 2.40. The molecule has 0 aliphatic rings. The van der Waals surface area contributed by atoms with E-state index in [1.54, 1.807) is 0 Å². The Morgan fingerprint density at radius 2 is 0.868 bits per heavy atom. The molecule has 0 aliphatic carbocycles. The molecular formula is C56H90NO10P. The molecule has 68 heavy (non-hydrogen) atoms. The fraction of sp³-hybridized carbons (Fsp3) is 0.589. The first-order chi connectivity index (χ1) is 33.1. The van der Waals surface area contributed by atoms with E-state index in [0.29, 0.717) is 19.3 Å². The standard InChI is InChI=1S/C56H90NO10P/c1-3-5-7-9-11-13-15-17-19-21-23-25-26-28-29-31-33-35-37-39-41-43-45-47-54(59)57-53(56(61)62)51-67-68(63,64)66-50-52(58)49-65-55(60)48-46-44-42-40-38-36-34-32-30-27-24-22-20-18-16-14-12-10-8-6-4-2/h5,7,11-14,17-20,23-25,27-29,33,35,39,41,52-53,58H,3-4,6,8-10,15-16,21-22,26,30-32,34,36-38,40,42-51H2,1-2H3,(H,57,59)(H,61,62)(H,63,64)/b7-5-,13-11-,14-12-,19-17-,20-18-,25-23-,27-24-,29-28-,35-33-,41-39-. The van der Waals surface area contributed by atoms with Gasteiger partial charge in [0.1, 0.15) is 12.7 Å². The highest BCUT2D eigenvalue weighted by Gasteiger charge is 2.28. The van der Waals surface area contributed by atoms with Gasteiger partial charge in [-0.15, -0.1) is 0 Å². The molecular weight excluding hydrogens is 878 g/mol. The highest BCUT2D eigenvalue weighted by molar-refractivity contribution is 7.47. The van der Waals surface area contributed by atoms with E-state index in [1.165, 1.54) is 51.4 Å². The first kappa shape index (κ1) is 63.9. The van der Waals surface area contributed by atoms with Crippen molar-refractivity contribution in [3.05, 3.63) is 122 Å². The lowest BCUT2D eigenvalue weighted by Crippen LogP contribution is -2.43. The Balaban J connectivity index is 3.97. The van der Waals surface area contributed by atoms with Crippen LogP contribution in [0.3, 0.4) is 0 Å². The van der Waals surface area contributed by atoms with Gasteiger partial charge in [-0.05, 0) is 103 Å². The fourth-order valence-electron chi connectivity index (χ4n) is 6.31.